The molecule has 98 valence electrons. The number of carbonyl (C=O) groups excluding carboxylic acids is 1. The van der Waals surface area contributed by atoms with E-state index >= 15 is 0 Å². The van der Waals surface area contributed by atoms with Crippen molar-refractivity contribution in [1.29, 1.82) is 0 Å². The van der Waals surface area contributed by atoms with Gasteiger partial charge in [-0.25, -0.2) is 4.39 Å². The first-order valence-electron chi connectivity index (χ1n) is 5.22. The van der Waals surface area contributed by atoms with Crippen LogP contribution in [-0.4, -0.2) is 23.4 Å². The molecule has 0 aromatic heterocycles. The third kappa shape index (κ3) is 3.01. The fourth-order valence-corrected chi connectivity index (χ4v) is 1.11. The normalized spacial score (nSPS) is 11.1. The molecule has 0 atom stereocenters. The minimum atomic E-state index is -0.867. The number of nitrogens with zero attached hydrogens (tertiary/aromatic N) is 1. The van der Waals surface area contributed by atoms with E-state index in [2.05, 4.69) is 10.6 Å². The summed E-state index contributed by atoms with van der Waals surface area (Å²) in [6.45, 7) is 3.26. The molecule has 1 rings (SSSR count). The Morgan fingerprint density at radius 2 is 2.06 bits per heavy atom. The zero-order valence-corrected chi connectivity index (χ0v) is 10.3. The minimum absolute atomic E-state index is 0.0890. The Bertz CT molecular complexity index is 488. The van der Waals surface area contributed by atoms with Gasteiger partial charge in [0.2, 0.25) is 5.91 Å². The number of rotatable bonds is 4. The van der Waals surface area contributed by atoms with Crippen molar-refractivity contribution < 1.29 is 14.1 Å². The van der Waals surface area contributed by atoms with Crippen molar-refractivity contribution in [3.8, 4) is 0 Å². The molecule has 1 aromatic rings. The number of carbonyl (C=O) groups is 1. The van der Waals surface area contributed by atoms with E-state index in [-0.39, 0.29) is 11.4 Å². The largest absolute Gasteiger partial charge is 0.322 e. The fraction of sp³-hybridized carbons (Fsp3) is 0.364. The van der Waals surface area contributed by atoms with Gasteiger partial charge in [-0.2, -0.15) is 0 Å². The van der Waals surface area contributed by atoms with Crippen molar-refractivity contribution >= 4 is 17.3 Å². The Kier molecular flexibility index (Phi) is 3.97. The Morgan fingerprint density at radius 3 is 2.50 bits per heavy atom. The average Bonchev–Trinajstić information content (AvgIpc) is 2.31. The molecule has 0 spiro atoms. The van der Waals surface area contributed by atoms with Crippen LogP contribution in [0.3, 0.4) is 0 Å². The molecule has 0 unspecified atom stereocenters. The Balaban J connectivity index is 2.93. The van der Waals surface area contributed by atoms with Crippen LogP contribution in [-0.2, 0) is 4.79 Å². The van der Waals surface area contributed by atoms with E-state index in [1.807, 2.05) is 0 Å². The van der Waals surface area contributed by atoms with Crippen molar-refractivity contribution in [3.63, 3.8) is 0 Å². The summed E-state index contributed by atoms with van der Waals surface area (Å²) in [5.41, 5.74) is -1.32. The van der Waals surface area contributed by atoms with Gasteiger partial charge in [0.05, 0.1) is 22.2 Å². The molecule has 0 heterocycles. The molecule has 0 aliphatic carbocycles. The minimum Gasteiger partial charge on any atom is -0.322 e. The Morgan fingerprint density at radius 1 is 1.44 bits per heavy atom. The number of amides is 1. The summed E-state index contributed by atoms with van der Waals surface area (Å²) in [5, 5.41) is 15.6. The number of hydrogen-bond acceptors (Lipinski definition) is 4. The third-order valence-corrected chi connectivity index (χ3v) is 2.60. The molecule has 0 bridgehead atoms. The summed E-state index contributed by atoms with van der Waals surface area (Å²) in [4.78, 5) is 21.5. The Hall–Kier alpha value is -2.02. The number of non-ortho nitro benzene ring substituents is 1. The zero-order chi connectivity index (χ0) is 13.9. The van der Waals surface area contributed by atoms with E-state index in [0.29, 0.717) is 0 Å². The topological polar surface area (TPSA) is 84.3 Å². The van der Waals surface area contributed by atoms with Crippen molar-refractivity contribution in [2.75, 3.05) is 12.4 Å². The summed E-state index contributed by atoms with van der Waals surface area (Å²) in [5.74, 6) is -1.28. The zero-order valence-electron chi connectivity index (χ0n) is 10.3. The molecule has 0 aliphatic heterocycles. The highest BCUT2D eigenvalue weighted by Gasteiger charge is 2.26. The SMILES string of the molecule is CNC(C)(C)C(=O)Nc1ccc([N+](=O)[O-])cc1F. The first kappa shape index (κ1) is 14.0. The van der Waals surface area contributed by atoms with E-state index in [0.717, 1.165) is 18.2 Å². The van der Waals surface area contributed by atoms with Crippen LogP contribution in [0.25, 0.3) is 0 Å². The number of anilines is 1. The monoisotopic (exact) mass is 255 g/mol. The maximum atomic E-state index is 13.5. The number of nitro benzene ring substituents is 1. The van der Waals surface area contributed by atoms with Crippen LogP contribution in [0.5, 0.6) is 0 Å². The maximum absolute atomic E-state index is 13.5. The average molecular weight is 255 g/mol. The number of halogens is 1. The molecule has 7 heteroatoms. The molecule has 0 radical (unpaired) electrons. The quantitative estimate of drug-likeness (QED) is 0.633. The van der Waals surface area contributed by atoms with Gasteiger partial charge in [0.15, 0.2) is 5.82 Å². The van der Waals surface area contributed by atoms with E-state index < -0.39 is 22.2 Å². The number of nitrogens with one attached hydrogen (secondary N) is 2. The second-order valence-electron chi connectivity index (χ2n) is 4.25. The van der Waals surface area contributed by atoms with Gasteiger partial charge in [-0.1, -0.05) is 0 Å². The van der Waals surface area contributed by atoms with Gasteiger partial charge in [0.25, 0.3) is 5.69 Å². The van der Waals surface area contributed by atoms with Crippen molar-refractivity contribution in [3.05, 3.63) is 34.1 Å². The standard InChI is InChI=1S/C11H14FN3O3/c1-11(2,13-3)10(16)14-9-5-4-7(15(17)18)6-8(9)12/h4-6,13H,1-3H3,(H,14,16). The molecule has 2 N–H and O–H groups in total. The highest BCUT2D eigenvalue weighted by molar-refractivity contribution is 5.97. The highest BCUT2D eigenvalue weighted by Crippen LogP contribution is 2.21. The summed E-state index contributed by atoms with van der Waals surface area (Å²) in [7, 11) is 1.60. The van der Waals surface area contributed by atoms with Gasteiger partial charge in [-0.15, -0.1) is 0 Å². The van der Waals surface area contributed by atoms with Crippen LogP contribution in [0.4, 0.5) is 15.8 Å². The lowest BCUT2D eigenvalue weighted by molar-refractivity contribution is -0.385. The molecular weight excluding hydrogens is 241 g/mol. The second kappa shape index (κ2) is 5.09. The molecule has 6 nitrogen and oxygen atoms in total. The molecule has 18 heavy (non-hydrogen) atoms. The number of nitro groups is 1. The van der Waals surface area contributed by atoms with Crippen LogP contribution in [0.1, 0.15) is 13.8 Å². The lowest BCUT2D eigenvalue weighted by Gasteiger charge is -2.22. The van der Waals surface area contributed by atoms with Crippen LogP contribution < -0.4 is 10.6 Å². The highest BCUT2D eigenvalue weighted by atomic mass is 19.1. The smallest absolute Gasteiger partial charge is 0.272 e. The van der Waals surface area contributed by atoms with Crippen molar-refractivity contribution in [2.45, 2.75) is 19.4 Å². The first-order valence-corrected chi connectivity index (χ1v) is 5.22. The molecule has 0 saturated heterocycles. The second-order valence-corrected chi connectivity index (χ2v) is 4.25. The lowest BCUT2D eigenvalue weighted by atomic mass is 10.1. The fourth-order valence-electron chi connectivity index (χ4n) is 1.11. The van der Waals surface area contributed by atoms with Crippen LogP contribution in [0.15, 0.2) is 18.2 Å². The molecule has 0 saturated carbocycles. The van der Waals surface area contributed by atoms with Gasteiger partial charge in [-0.05, 0) is 27.0 Å². The van der Waals surface area contributed by atoms with Crippen molar-refractivity contribution in [2.24, 2.45) is 0 Å². The first-order chi connectivity index (χ1) is 8.27. The van der Waals surface area contributed by atoms with Crippen LogP contribution in [0, 0.1) is 15.9 Å². The van der Waals surface area contributed by atoms with Gasteiger partial charge >= 0.3 is 0 Å². The number of benzene rings is 1. The van der Waals surface area contributed by atoms with Gasteiger partial charge in [0, 0.05) is 6.07 Å². The van der Waals surface area contributed by atoms with Crippen molar-refractivity contribution in [1.82, 2.24) is 5.32 Å². The molecule has 1 amide bonds. The summed E-state index contributed by atoms with van der Waals surface area (Å²) >= 11 is 0. The van der Waals surface area contributed by atoms with E-state index in [4.69, 9.17) is 0 Å². The molecular formula is C11H14FN3O3. The van der Waals surface area contributed by atoms with Crippen LogP contribution in [0.2, 0.25) is 0 Å². The lowest BCUT2D eigenvalue weighted by Crippen LogP contribution is -2.48. The summed E-state index contributed by atoms with van der Waals surface area (Å²) in [6, 6.07) is 3.06. The van der Waals surface area contributed by atoms with Gasteiger partial charge < -0.3 is 10.6 Å². The van der Waals surface area contributed by atoms with Gasteiger partial charge in [-0.3, -0.25) is 14.9 Å². The number of hydrogen-bond donors (Lipinski definition) is 2. The maximum Gasteiger partial charge on any atom is 0.272 e. The summed E-state index contributed by atoms with van der Waals surface area (Å²) < 4.78 is 13.5. The van der Waals surface area contributed by atoms with E-state index in [1.54, 1.807) is 20.9 Å². The number of likely N-dealkylation sites (N-methyl/N-ethyl adjacent to an activating group) is 1. The van der Waals surface area contributed by atoms with Gasteiger partial charge in [0.1, 0.15) is 0 Å². The molecule has 0 aliphatic rings. The van der Waals surface area contributed by atoms with E-state index in [9.17, 15) is 19.3 Å². The predicted molar refractivity (Wildman–Crippen MR) is 64.8 cm³/mol. The summed E-state index contributed by atoms with van der Waals surface area (Å²) in [6.07, 6.45) is 0. The van der Waals surface area contributed by atoms with Crippen LogP contribution >= 0.6 is 0 Å². The Labute approximate surface area is 103 Å². The third-order valence-electron chi connectivity index (χ3n) is 2.60. The van der Waals surface area contributed by atoms with E-state index in [1.165, 1.54) is 0 Å². The molecule has 0 fully saturated rings. The molecule has 1 aromatic carbocycles. The predicted octanol–water partition coefficient (Wildman–Crippen LogP) is 1.67.